The summed E-state index contributed by atoms with van der Waals surface area (Å²) in [5.41, 5.74) is -0.274. The molecule has 72 valence electrons. The number of rotatable bonds is 3. The fraction of sp³-hybridized carbons (Fsp3) is 0.333. The van der Waals surface area contributed by atoms with E-state index in [1.807, 2.05) is 0 Å². The fourth-order valence-electron chi connectivity index (χ4n) is 0.783. The SMILES string of the molecule is CS(=O)(=O)Cn1ccc(C(=O)[O-])n1.[Li+]. The number of hydrogen-bond donors (Lipinski definition) is 0. The maximum absolute atomic E-state index is 10.8. The van der Waals surface area contributed by atoms with Crippen LogP contribution in [0.5, 0.6) is 0 Å². The van der Waals surface area contributed by atoms with Gasteiger partial charge in [-0.3, -0.25) is 4.68 Å². The molecule has 0 radical (unpaired) electrons. The van der Waals surface area contributed by atoms with Gasteiger partial charge in [-0.1, -0.05) is 0 Å². The third kappa shape index (κ3) is 3.96. The van der Waals surface area contributed by atoms with Crippen molar-refractivity contribution in [2.45, 2.75) is 5.88 Å². The molecule has 0 unspecified atom stereocenters. The van der Waals surface area contributed by atoms with Crippen LogP contribution < -0.4 is 24.0 Å². The molecule has 8 heteroatoms. The van der Waals surface area contributed by atoms with E-state index in [2.05, 4.69) is 5.10 Å². The van der Waals surface area contributed by atoms with Gasteiger partial charge in [-0.15, -0.1) is 0 Å². The predicted molar refractivity (Wildman–Crippen MR) is 41.4 cm³/mol. The Balaban J connectivity index is 0.00000169. The van der Waals surface area contributed by atoms with Crippen molar-refractivity contribution in [3.8, 4) is 0 Å². The van der Waals surface area contributed by atoms with Crippen molar-refractivity contribution < 1.29 is 37.2 Å². The Morgan fingerprint density at radius 2 is 2.21 bits per heavy atom. The largest absolute Gasteiger partial charge is 1.00 e. The number of carboxylic acid groups (broad SMARTS) is 1. The summed E-state index contributed by atoms with van der Waals surface area (Å²) >= 11 is 0. The first-order valence-electron chi connectivity index (χ1n) is 3.31. The molecular formula is C6H7LiN2O4S. The average Bonchev–Trinajstić information content (AvgIpc) is 2.31. The van der Waals surface area contributed by atoms with E-state index in [4.69, 9.17) is 0 Å². The number of aromatic nitrogens is 2. The molecule has 0 fully saturated rings. The van der Waals surface area contributed by atoms with E-state index in [1.165, 1.54) is 12.3 Å². The van der Waals surface area contributed by atoms with E-state index >= 15 is 0 Å². The zero-order chi connectivity index (χ0) is 10.1. The molecule has 14 heavy (non-hydrogen) atoms. The molecule has 0 aliphatic heterocycles. The van der Waals surface area contributed by atoms with Crippen LogP contribution in [-0.4, -0.2) is 30.4 Å². The smallest absolute Gasteiger partial charge is 0.543 e. The molecule has 1 aromatic heterocycles. The van der Waals surface area contributed by atoms with E-state index in [1.54, 1.807) is 0 Å². The van der Waals surface area contributed by atoms with E-state index in [0.29, 0.717) is 0 Å². The second kappa shape index (κ2) is 4.64. The van der Waals surface area contributed by atoms with E-state index in [0.717, 1.165) is 10.9 Å². The summed E-state index contributed by atoms with van der Waals surface area (Å²) in [4.78, 5) is 10.2. The van der Waals surface area contributed by atoms with Crippen LogP contribution in [0.25, 0.3) is 0 Å². The van der Waals surface area contributed by atoms with Crippen molar-refractivity contribution in [2.24, 2.45) is 0 Å². The molecule has 0 saturated heterocycles. The molecule has 0 saturated carbocycles. The monoisotopic (exact) mass is 210 g/mol. The summed E-state index contributed by atoms with van der Waals surface area (Å²) in [5, 5.41) is 13.7. The number of nitrogens with zero attached hydrogens (tertiary/aromatic N) is 2. The first-order chi connectivity index (χ1) is 5.88. The van der Waals surface area contributed by atoms with Crippen LogP contribution in [0.4, 0.5) is 0 Å². The summed E-state index contributed by atoms with van der Waals surface area (Å²) in [5.74, 6) is -1.76. The third-order valence-corrected chi connectivity index (χ3v) is 1.95. The minimum Gasteiger partial charge on any atom is -0.543 e. The first-order valence-corrected chi connectivity index (χ1v) is 5.37. The number of carbonyl (C=O) groups is 1. The molecule has 0 atom stereocenters. The topological polar surface area (TPSA) is 92.1 Å². The molecule has 1 rings (SSSR count). The Bertz CT molecular complexity index is 425. The number of carbonyl (C=O) groups excluding carboxylic acids is 1. The Labute approximate surface area is 93.0 Å². The Morgan fingerprint density at radius 3 is 2.57 bits per heavy atom. The van der Waals surface area contributed by atoms with Gasteiger partial charge in [0.2, 0.25) is 0 Å². The van der Waals surface area contributed by atoms with Crippen molar-refractivity contribution in [2.75, 3.05) is 6.26 Å². The first kappa shape index (κ1) is 13.2. The Hall–Kier alpha value is -0.773. The van der Waals surface area contributed by atoms with E-state index in [9.17, 15) is 18.3 Å². The molecule has 0 N–H and O–H groups in total. The second-order valence-corrected chi connectivity index (χ2v) is 4.69. The van der Waals surface area contributed by atoms with Crippen LogP contribution >= 0.6 is 0 Å². The van der Waals surface area contributed by atoms with Gasteiger partial charge in [0.15, 0.2) is 9.84 Å². The van der Waals surface area contributed by atoms with Crippen molar-refractivity contribution in [3.63, 3.8) is 0 Å². The van der Waals surface area contributed by atoms with E-state index in [-0.39, 0.29) is 30.4 Å². The minimum absolute atomic E-state index is 0. The standard InChI is InChI=1S/C6H8N2O4S.Li/c1-13(11,12)4-8-3-2-5(7-8)6(9)10;/h2-3H,4H2,1H3,(H,9,10);/q;+1/p-1. The average molecular weight is 210 g/mol. The quantitative estimate of drug-likeness (QED) is 0.467. The number of carboxylic acids is 1. The van der Waals surface area contributed by atoms with Crippen LogP contribution in [0.1, 0.15) is 10.5 Å². The Kier molecular flexibility index (Phi) is 4.38. The minimum atomic E-state index is -3.20. The van der Waals surface area contributed by atoms with Gasteiger partial charge in [0.25, 0.3) is 0 Å². The van der Waals surface area contributed by atoms with Crippen LogP contribution in [-0.2, 0) is 15.7 Å². The summed E-state index contributed by atoms with van der Waals surface area (Å²) < 4.78 is 22.5. The summed E-state index contributed by atoms with van der Waals surface area (Å²) in [7, 11) is -3.20. The summed E-state index contributed by atoms with van der Waals surface area (Å²) in [6, 6.07) is 1.18. The van der Waals surface area contributed by atoms with Crippen molar-refractivity contribution in [1.29, 1.82) is 0 Å². The maximum Gasteiger partial charge on any atom is 1.00 e. The van der Waals surface area contributed by atoms with Crippen LogP contribution in [0.15, 0.2) is 12.3 Å². The molecule has 6 nitrogen and oxygen atoms in total. The fourth-order valence-corrected chi connectivity index (χ4v) is 1.41. The zero-order valence-electron chi connectivity index (χ0n) is 7.80. The van der Waals surface area contributed by atoms with Gasteiger partial charge in [-0.25, -0.2) is 8.42 Å². The maximum atomic E-state index is 10.8. The van der Waals surface area contributed by atoms with Gasteiger partial charge in [0, 0.05) is 12.5 Å². The van der Waals surface area contributed by atoms with Gasteiger partial charge in [-0.05, 0) is 6.07 Å². The summed E-state index contributed by atoms with van der Waals surface area (Å²) in [6.45, 7) is 0. The molecule has 0 bridgehead atoms. The van der Waals surface area contributed by atoms with E-state index < -0.39 is 15.8 Å². The van der Waals surface area contributed by atoms with Crippen molar-refractivity contribution >= 4 is 15.8 Å². The normalized spacial score (nSPS) is 10.6. The second-order valence-electron chi connectivity index (χ2n) is 2.58. The van der Waals surface area contributed by atoms with Gasteiger partial charge in [-0.2, -0.15) is 5.10 Å². The van der Waals surface area contributed by atoms with Crippen LogP contribution in [0.3, 0.4) is 0 Å². The number of sulfone groups is 1. The molecule has 1 heterocycles. The zero-order valence-corrected chi connectivity index (χ0v) is 8.61. The Morgan fingerprint density at radius 1 is 1.64 bits per heavy atom. The van der Waals surface area contributed by atoms with Crippen LogP contribution in [0.2, 0.25) is 0 Å². The molecule has 0 amide bonds. The summed E-state index contributed by atoms with van der Waals surface area (Å²) in [6.07, 6.45) is 2.31. The number of aromatic carboxylic acids is 1. The number of hydrogen-bond acceptors (Lipinski definition) is 5. The van der Waals surface area contributed by atoms with Crippen molar-refractivity contribution in [3.05, 3.63) is 18.0 Å². The molecule has 0 spiro atoms. The van der Waals surface area contributed by atoms with Gasteiger partial charge < -0.3 is 9.90 Å². The van der Waals surface area contributed by atoms with Crippen LogP contribution in [0, 0.1) is 0 Å². The molecule has 0 aromatic carbocycles. The molecule has 0 aliphatic carbocycles. The van der Waals surface area contributed by atoms with Gasteiger partial charge >= 0.3 is 18.9 Å². The predicted octanol–water partition coefficient (Wildman–Crippen LogP) is -4.75. The molecule has 1 aromatic rings. The van der Waals surface area contributed by atoms with Gasteiger partial charge in [0.05, 0.1) is 5.97 Å². The molecular weight excluding hydrogens is 203 g/mol. The third-order valence-electron chi connectivity index (χ3n) is 1.22. The molecule has 0 aliphatic rings. The van der Waals surface area contributed by atoms with Crippen molar-refractivity contribution in [1.82, 2.24) is 9.78 Å². The van der Waals surface area contributed by atoms with Gasteiger partial charge in [0.1, 0.15) is 11.6 Å².